The van der Waals surface area contributed by atoms with Crippen molar-refractivity contribution in [3.05, 3.63) is 61.5 Å². The molecule has 2 aromatic rings. The second-order valence-corrected chi connectivity index (χ2v) is 10.4. The molecule has 2 aliphatic carbocycles. The van der Waals surface area contributed by atoms with E-state index in [2.05, 4.69) is 49.3 Å². The summed E-state index contributed by atoms with van der Waals surface area (Å²) in [5.41, 5.74) is 4.81. The predicted octanol–water partition coefficient (Wildman–Crippen LogP) is 6.72. The SMILES string of the molecule is C[C@]12CCCC[C@H]1[C@@H]2C(=O)N/N=C\c1cc(Br)c(OCc2ccc(Cl)cc2)c(Br)c1. The van der Waals surface area contributed by atoms with Crippen LogP contribution in [0.3, 0.4) is 0 Å². The van der Waals surface area contributed by atoms with Crippen molar-refractivity contribution in [2.24, 2.45) is 22.4 Å². The van der Waals surface area contributed by atoms with Gasteiger partial charge in [0, 0.05) is 10.9 Å². The first kappa shape index (κ1) is 21.8. The molecule has 7 heteroatoms. The smallest absolute Gasteiger partial charge is 0.244 e. The number of amides is 1. The molecule has 0 unspecified atom stereocenters. The Kier molecular flexibility index (Phi) is 6.56. The van der Waals surface area contributed by atoms with Crippen LogP contribution in [0.5, 0.6) is 5.75 Å². The molecule has 0 bridgehead atoms. The molecule has 0 spiro atoms. The van der Waals surface area contributed by atoms with Gasteiger partial charge >= 0.3 is 0 Å². The number of fused-ring (bicyclic) bond motifs is 1. The van der Waals surface area contributed by atoms with Gasteiger partial charge in [-0.05, 0) is 91.4 Å². The summed E-state index contributed by atoms with van der Waals surface area (Å²) in [6, 6.07) is 11.4. The van der Waals surface area contributed by atoms with Crippen LogP contribution in [0.2, 0.25) is 5.02 Å². The molecule has 0 radical (unpaired) electrons. The second-order valence-electron chi connectivity index (χ2n) is 8.30. The fraction of sp³-hybridized carbons (Fsp3) is 0.391. The molecule has 4 rings (SSSR count). The van der Waals surface area contributed by atoms with E-state index in [9.17, 15) is 4.79 Å². The van der Waals surface area contributed by atoms with Gasteiger partial charge in [-0.2, -0.15) is 5.10 Å². The normalized spacial score (nSPS) is 25.1. The molecule has 0 aliphatic heterocycles. The van der Waals surface area contributed by atoms with E-state index in [0.717, 1.165) is 32.9 Å². The van der Waals surface area contributed by atoms with Gasteiger partial charge in [0.2, 0.25) is 5.91 Å². The van der Waals surface area contributed by atoms with Crippen LogP contribution in [-0.2, 0) is 11.4 Å². The monoisotopic (exact) mass is 552 g/mol. The number of ether oxygens (including phenoxy) is 1. The molecular formula is C23H23Br2ClN2O2. The summed E-state index contributed by atoms with van der Waals surface area (Å²) in [5, 5.41) is 4.89. The number of nitrogens with one attached hydrogen (secondary N) is 1. The number of nitrogens with zero attached hydrogens (tertiary/aromatic N) is 1. The molecule has 2 fully saturated rings. The molecular weight excluding hydrogens is 532 g/mol. The fourth-order valence-corrected chi connectivity index (χ4v) is 6.20. The molecule has 2 aromatic carbocycles. The van der Waals surface area contributed by atoms with Gasteiger partial charge in [-0.15, -0.1) is 0 Å². The van der Waals surface area contributed by atoms with E-state index >= 15 is 0 Å². The first-order valence-corrected chi connectivity index (χ1v) is 12.0. The zero-order chi connectivity index (χ0) is 21.3. The fourth-order valence-electron chi connectivity index (χ4n) is 4.62. The summed E-state index contributed by atoms with van der Waals surface area (Å²) in [6.07, 6.45) is 6.44. The minimum Gasteiger partial charge on any atom is -0.487 e. The van der Waals surface area contributed by atoms with Crippen molar-refractivity contribution in [1.29, 1.82) is 0 Å². The molecule has 0 saturated heterocycles. The molecule has 3 atom stereocenters. The molecule has 2 aliphatic rings. The predicted molar refractivity (Wildman–Crippen MR) is 127 cm³/mol. The quantitative estimate of drug-likeness (QED) is 0.318. The minimum atomic E-state index is 0.0432. The molecule has 0 aromatic heterocycles. The standard InChI is InChI=1S/C23H23Br2ClN2O2/c1-23-9-3-2-4-17(23)20(23)22(29)28-27-12-15-10-18(24)21(19(25)11-15)30-13-14-5-7-16(26)8-6-14/h5-8,10-12,17,20H,2-4,9,13H2,1H3,(H,28,29)/b27-12-/t17-,20+,23-/m0/s1. The van der Waals surface area contributed by atoms with Gasteiger partial charge in [0.05, 0.1) is 15.2 Å². The largest absolute Gasteiger partial charge is 0.487 e. The second kappa shape index (κ2) is 9.01. The third kappa shape index (κ3) is 4.61. The number of hydrazone groups is 1. The Morgan fingerprint density at radius 3 is 2.60 bits per heavy atom. The van der Waals surface area contributed by atoms with Crippen LogP contribution >= 0.6 is 43.5 Å². The molecule has 1 N–H and O–H groups in total. The van der Waals surface area contributed by atoms with E-state index in [1.165, 1.54) is 12.8 Å². The number of halogens is 3. The van der Waals surface area contributed by atoms with Gasteiger partial charge < -0.3 is 4.74 Å². The van der Waals surface area contributed by atoms with Crippen molar-refractivity contribution in [3.63, 3.8) is 0 Å². The van der Waals surface area contributed by atoms with Crippen LogP contribution in [0.4, 0.5) is 0 Å². The lowest BCUT2D eigenvalue weighted by Gasteiger charge is -2.15. The first-order chi connectivity index (χ1) is 14.4. The lowest BCUT2D eigenvalue weighted by atomic mass is 9.90. The topological polar surface area (TPSA) is 50.7 Å². The number of hydrogen-bond acceptors (Lipinski definition) is 3. The molecule has 158 valence electrons. The summed E-state index contributed by atoms with van der Waals surface area (Å²) in [6.45, 7) is 2.67. The maximum absolute atomic E-state index is 12.5. The minimum absolute atomic E-state index is 0.0432. The van der Waals surface area contributed by atoms with Crippen LogP contribution in [-0.4, -0.2) is 12.1 Å². The molecule has 0 heterocycles. The van der Waals surface area contributed by atoms with Crippen LogP contribution < -0.4 is 10.2 Å². The van der Waals surface area contributed by atoms with E-state index in [4.69, 9.17) is 16.3 Å². The van der Waals surface area contributed by atoms with Crippen LogP contribution in [0.1, 0.15) is 43.7 Å². The van der Waals surface area contributed by atoms with Crippen LogP contribution in [0, 0.1) is 17.3 Å². The summed E-state index contributed by atoms with van der Waals surface area (Å²) in [7, 11) is 0. The molecule has 1 amide bonds. The number of carbonyl (C=O) groups excluding carboxylic acids is 1. The number of hydrogen-bond donors (Lipinski definition) is 1. The van der Waals surface area contributed by atoms with E-state index in [1.54, 1.807) is 6.21 Å². The Labute approximate surface area is 198 Å². The van der Waals surface area contributed by atoms with E-state index < -0.39 is 0 Å². The molecule has 2 saturated carbocycles. The molecule has 4 nitrogen and oxygen atoms in total. The highest BCUT2D eigenvalue weighted by molar-refractivity contribution is 9.11. The first-order valence-electron chi connectivity index (χ1n) is 10.1. The van der Waals surface area contributed by atoms with Gasteiger partial charge in [0.25, 0.3) is 0 Å². The number of benzene rings is 2. The Morgan fingerprint density at radius 1 is 1.27 bits per heavy atom. The van der Waals surface area contributed by atoms with Crippen molar-refractivity contribution in [2.45, 2.75) is 39.2 Å². The zero-order valence-corrected chi connectivity index (χ0v) is 20.6. The highest BCUT2D eigenvalue weighted by Gasteiger charge is 2.64. The van der Waals surface area contributed by atoms with Crippen molar-refractivity contribution in [3.8, 4) is 5.75 Å². The van der Waals surface area contributed by atoms with Crippen LogP contribution in [0.15, 0.2) is 50.4 Å². The summed E-state index contributed by atoms with van der Waals surface area (Å²) < 4.78 is 7.56. The summed E-state index contributed by atoms with van der Waals surface area (Å²) >= 11 is 13.0. The summed E-state index contributed by atoms with van der Waals surface area (Å²) in [5.74, 6) is 1.39. The third-order valence-electron chi connectivity index (χ3n) is 6.32. The third-order valence-corrected chi connectivity index (χ3v) is 7.75. The van der Waals surface area contributed by atoms with Crippen molar-refractivity contribution in [1.82, 2.24) is 5.43 Å². The Balaban J connectivity index is 1.36. The van der Waals surface area contributed by atoms with Gasteiger partial charge in [-0.1, -0.05) is 43.5 Å². The van der Waals surface area contributed by atoms with Gasteiger partial charge in [-0.25, -0.2) is 5.43 Å². The van der Waals surface area contributed by atoms with Gasteiger partial charge in [0.15, 0.2) is 0 Å². The van der Waals surface area contributed by atoms with Crippen molar-refractivity contribution in [2.75, 3.05) is 0 Å². The Bertz CT molecular complexity index is 957. The molecule has 30 heavy (non-hydrogen) atoms. The maximum Gasteiger partial charge on any atom is 0.244 e. The lowest BCUT2D eigenvalue weighted by molar-refractivity contribution is -0.123. The number of carbonyl (C=O) groups is 1. The Morgan fingerprint density at radius 2 is 1.97 bits per heavy atom. The van der Waals surface area contributed by atoms with Gasteiger partial charge in [-0.3, -0.25) is 4.79 Å². The van der Waals surface area contributed by atoms with Crippen molar-refractivity contribution < 1.29 is 9.53 Å². The van der Waals surface area contributed by atoms with E-state index in [1.807, 2.05) is 36.4 Å². The van der Waals surface area contributed by atoms with E-state index in [-0.39, 0.29) is 17.2 Å². The zero-order valence-electron chi connectivity index (χ0n) is 16.6. The average molecular weight is 555 g/mol. The highest BCUT2D eigenvalue weighted by Crippen LogP contribution is 2.66. The Hall–Kier alpha value is -1.37. The van der Waals surface area contributed by atoms with E-state index in [0.29, 0.717) is 23.3 Å². The maximum atomic E-state index is 12.5. The highest BCUT2D eigenvalue weighted by atomic mass is 79.9. The number of rotatable bonds is 6. The van der Waals surface area contributed by atoms with Crippen LogP contribution in [0.25, 0.3) is 0 Å². The summed E-state index contributed by atoms with van der Waals surface area (Å²) in [4.78, 5) is 12.5. The van der Waals surface area contributed by atoms with Crippen molar-refractivity contribution >= 4 is 55.6 Å². The average Bonchev–Trinajstić information content (AvgIpc) is 3.34. The lowest BCUT2D eigenvalue weighted by Crippen LogP contribution is -2.22. The van der Waals surface area contributed by atoms with Gasteiger partial charge in [0.1, 0.15) is 12.4 Å².